The molecule has 1 saturated heterocycles. The normalized spacial score (nSPS) is 56.9. The second-order valence-electron chi connectivity index (χ2n) is 12.7. The summed E-state index contributed by atoms with van der Waals surface area (Å²) in [6.07, 6.45) is 13.1. The number of ketones is 1. The summed E-state index contributed by atoms with van der Waals surface area (Å²) in [5.74, 6) is 2.98. The van der Waals surface area contributed by atoms with Gasteiger partial charge in [-0.25, -0.2) is 0 Å². The predicted octanol–water partition coefficient (Wildman–Crippen LogP) is 5.47. The van der Waals surface area contributed by atoms with E-state index in [1.165, 1.54) is 45.4 Å². The molecule has 4 nitrogen and oxygen atoms in total. The van der Waals surface area contributed by atoms with Crippen LogP contribution in [0.25, 0.3) is 0 Å². The average molecular weight is 429 g/mol. The van der Waals surface area contributed by atoms with Gasteiger partial charge in [0, 0.05) is 24.2 Å². The van der Waals surface area contributed by atoms with Crippen LogP contribution in [0, 0.1) is 39.9 Å². The summed E-state index contributed by atoms with van der Waals surface area (Å²) in [4.78, 5) is 24.8. The highest BCUT2D eigenvalue weighted by Gasteiger charge is 2.78. The SMILES string of the molecule is CC(=O)O[C@@H]1CC[C@]2(C)[C@@H]3CC[C@@]4(C)[C@H](C[C@@H]5CCCC[C@@]54C(C)=O)[C@H]3C[C@@H]3O[C@@]32C1. The lowest BCUT2D eigenvalue weighted by molar-refractivity contribution is -0.163. The van der Waals surface area contributed by atoms with E-state index in [9.17, 15) is 9.59 Å². The molecule has 172 valence electrons. The van der Waals surface area contributed by atoms with Crippen molar-refractivity contribution in [1.82, 2.24) is 0 Å². The first-order chi connectivity index (χ1) is 14.7. The van der Waals surface area contributed by atoms with Crippen molar-refractivity contribution in [2.45, 2.75) is 116 Å². The molecule has 5 aliphatic carbocycles. The number of rotatable bonds is 2. The number of carbonyl (C=O) groups excluding carboxylic acids is 2. The van der Waals surface area contributed by atoms with Gasteiger partial charge >= 0.3 is 5.97 Å². The van der Waals surface area contributed by atoms with E-state index in [0.29, 0.717) is 35.6 Å². The van der Waals surface area contributed by atoms with Crippen LogP contribution in [0.1, 0.15) is 98.3 Å². The van der Waals surface area contributed by atoms with E-state index in [1.54, 1.807) is 0 Å². The van der Waals surface area contributed by atoms with Gasteiger partial charge in [-0.05, 0) is 87.4 Å². The number of ether oxygens (including phenoxy) is 2. The van der Waals surface area contributed by atoms with E-state index in [2.05, 4.69) is 13.8 Å². The van der Waals surface area contributed by atoms with Gasteiger partial charge in [0.15, 0.2) is 0 Å². The molecule has 4 heteroatoms. The molecule has 0 amide bonds. The third-order valence-corrected chi connectivity index (χ3v) is 12.0. The highest BCUT2D eigenvalue weighted by Crippen LogP contribution is 2.77. The molecule has 0 bridgehead atoms. The summed E-state index contributed by atoms with van der Waals surface area (Å²) < 4.78 is 12.2. The molecule has 6 aliphatic rings. The van der Waals surface area contributed by atoms with Gasteiger partial charge in [0.25, 0.3) is 0 Å². The average Bonchev–Trinajstić information content (AvgIpc) is 3.33. The molecule has 6 rings (SSSR count). The lowest BCUT2D eigenvalue weighted by Crippen LogP contribution is -2.60. The van der Waals surface area contributed by atoms with Crippen molar-refractivity contribution in [3.63, 3.8) is 0 Å². The van der Waals surface area contributed by atoms with Crippen molar-refractivity contribution in [2.75, 3.05) is 0 Å². The van der Waals surface area contributed by atoms with Gasteiger partial charge in [-0.2, -0.15) is 0 Å². The Morgan fingerprint density at radius 2 is 1.68 bits per heavy atom. The van der Waals surface area contributed by atoms with Gasteiger partial charge in [0.1, 0.15) is 17.5 Å². The molecular formula is C27H40O4. The number of Topliss-reactive ketones (excluding diaryl/α,β-unsaturated/α-hetero) is 1. The molecule has 1 spiro atoms. The fourth-order valence-corrected chi connectivity index (χ4v) is 10.8. The Hall–Kier alpha value is -0.900. The number of epoxide rings is 1. The van der Waals surface area contributed by atoms with Gasteiger partial charge in [0.2, 0.25) is 0 Å². The highest BCUT2D eigenvalue weighted by molar-refractivity contribution is 5.84. The van der Waals surface area contributed by atoms with Crippen LogP contribution < -0.4 is 0 Å². The Kier molecular flexibility index (Phi) is 4.25. The lowest BCUT2D eigenvalue weighted by atomic mass is 9.42. The Balaban J connectivity index is 1.33. The number of hydrogen-bond donors (Lipinski definition) is 0. The Morgan fingerprint density at radius 3 is 2.42 bits per heavy atom. The fraction of sp³-hybridized carbons (Fsp3) is 0.926. The van der Waals surface area contributed by atoms with Gasteiger partial charge in [-0.3, -0.25) is 9.59 Å². The standard InChI is InChI=1S/C27H40O4/c1-16(28)26-10-6-5-7-18(26)13-22-20-14-23-27(31-23)15-19(30-17(2)29)8-11-25(27,4)21(20)9-12-24(22,26)3/h18-23H,5-15H2,1-4H3/t18-,19+,20-,21+,22+,23-,24-,25+,26+,27-/m0/s1. The first kappa shape index (κ1) is 20.7. The second-order valence-corrected chi connectivity index (χ2v) is 12.7. The summed E-state index contributed by atoms with van der Waals surface area (Å²) in [6.45, 7) is 8.45. The zero-order valence-electron chi connectivity index (χ0n) is 19.9. The van der Waals surface area contributed by atoms with E-state index in [4.69, 9.17) is 9.47 Å². The van der Waals surface area contributed by atoms with Crippen LogP contribution >= 0.6 is 0 Å². The minimum Gasteiger partial charge on any atom is -0.462 e. The highest BCUT2D eigenvalue weighted by atomic mass is 16.6. The Bertz CT molecular complexity index is 822. The molecule has 1 aliphatic heterocycles. The molecule has 0 aromatic rings. The number of fused-ring (bicyclic) bond motifs is 6. The molecule has 10 atom stereocenters. The van der Waals surface area contributed by atoms with Gasteiger partial charge in [-0.15, -0.1) is 0 Å². The monoisotopic (exact) mass is 428 g/mol. The minimum absolute atomic E-state index is 0.0244. The maximum Gasteiger partial charge on any atom is 0.302 e. The topological polar surface area (TPSA) is 55.9 Å². The summed E-state index contributed by atoms with van der Waals surface area (Å²) in [5.41, 5.74) is 0.235. The molecule has 0 N–H and O–H groups in total. The molecule has 6 fully saturated rings. The summed E-state index contributed by atoms with van der Waals surface area (Å²) in [7, 11) is 0. The summed E-state index contributed by atoms with van der Waals surface area (Å²) in [6, 6.07) is 0. The zero-order valence-corrected chi connectivity index (χ0v) is 19.9. The molecule has 0 aromatic heterocycles. The number of hydrogen-bond acceptors (Lipinski definition) is 4. The van der Waals surface area contributed by atoms with Crippen molar-refractivity contribution >= 4 is 11.8 Å². The third kappa shape index (κ3) is 2.36. The van der Waals surface area contributed by atoms with Crippen LogP contribution in [-0.2, 0) is 19.1 Å². The molecular weight excluding hydrogens is 388 g/mol. The maximum absolute atomic E-state index is 13.2. The van der Waals surface area contributed by atoms with Crippen molar-refractivity contribution in [2.24, 2.45) is 39.9 Å². The quantitative estimate of drug-likeness (QED) is 0.432. The molecule has 0 radical (unpaired) electrons. The molecule has 0 unspecified atom stereocenters. The maximum atomic E-state index is 13.2. The van der Waals surface area contributed by atoms with Crippen LogP contribution in [0.3, 0.4) is 0 Å². The fourth-order valence-electron chi connectivity index (χ4n) is 10.8. The largest absolute Gasteiger partial charge is 0.462 e. The third-order valence-electron chi connectivity index (χ3n) is 12.0. The molecule has 31 heavy (non-hydrogen) atoms. The van der Waals surface area contributed by atoms with Crippen molar-refractivity contribution in [1.29, 1.82) is 0 Å². The van der Waals surface area contributed by atoms with E-state index < -0.39 is 0 Å². The summed E-state index contributed by atoms with van der Waals surface area (Å²) in [5, 5.41) is 0. The van der Waals surface area contributed by atoms with Crippen molar-refractivity contribution < 1.29 is 19.1 Å². The van der Waals surface area contributed by atoms with E-state index in [-0.39, 0.29) is 33.9 Å². The van der Waals surface area contributed by atoms with Crippen LogP contribution in [0.5, 0.6) is 0 Å². The van der Waals surface area contributed by atoms with Crippen molar-refractivity contribution in [3.05, 3.63) is 0 Å². The molecule has 0 aromatic carbocycles. The van der Waals surface area contributed by atoms with Crippen LogP contribution in [0.2, 0.25) is 0 Å². The molecule has 1 heterocycles. The number of esters is 1. The van der Waals surface area contributed by atoms with Gasteiger partial charge in [0.05, 0.1) is 6.10 Å². The van der Waals surface area contributed by atoms with Crippen LogP contribution in [0.15, 0.2) is 0 Å². The van der Waals surface area contributed by atoms with Crippen molar-refractivity contribution in [3.8, 4) is 0 Å². The second kappa shape index (κ2) is 6.36. The van der Waals surface area contributed by atoms with E-state index in [1.807, 2.05) is 6.92 Å². The summed E-state index contributed by atoms with van der Waals surface area (Å²) >= 11 is 0. The first-order valence-electron chi connectivity index (χ1n) is 13.0. The van der Waals surface area contributed by atoms with Gasteiger partial charge < -0.3 is 9.47 Å². The number of carbonyl (C=O) groups is 2. The van der Waals surface area contributed by atoms with E-state index >= 15 is 0 Å². The van der Waals surface area contributed by atoms with Crippen LogP contribution in [-0.4, -0.2) is 29.6 Å². The Labute approximate surface area is 187 Å². The predicted molar refractivity (Wildman–Crippen MR) is 117 cm³/mol. The van der Waals surface area contributed by atoms with Gasteiger partial charge in [-0.1, -0.05) is 26.7 Å². The minimum atomic E-state index is -0.160. The van der Waals surface area contributed by atoms with E-state index in [0.717, 1.165) is 32.1 Å². The Morgan fingerprint density at radius 1 is 0.903 bits per heavy atom. The molecule has 5 saturated carbocycles. The van der Waals surface area contributed by atoms with Crippen LogP contribution in [0.4, 0.5) is 0 Å². The smallest absolute Gasteiger partial charge is 0.302 e. The zero-order chi connectivity index (χ0) is 21.8. The lowest BCUT2D eigenvalue weighted by Gasteiger charge is -2.61. The first-order valence-corrected chi connectivity index (χ1v) is 13.0.